The lowest BCUT2D eigenvalue weighted by molar-refractivity contribution is 0.536. The van der Waals surface area contributed by atoms with Crippen molar-refractivity contribution in [2.45, 2.75) is 24.8 Å². The van der Waals surface area contributed by atoms with E-state index < -0.39 is 0 Å². The van der Waals surface area contributed by atoms with Gasteiger partial charge in [0.15, 0.2) is 0 Å². The molecule has 1 aliphatic carbocycles. The third-order valence-electron chi connectivity index (χ3n) is 2.88. The topological polar surface area (TPSA) is 37.8 Å². The van der Waals surface area contributed by atoms with Crippen LogP contribution < -0.4 is 5.32 Å². The van der Waals surface area contributed by atoms with E-state index in [-0.39, 0.29) is 0 Å². The van der Waals surface area contributed by atoms with E-state index in [0.717, 1.165) is 29.2 Å². The van der Waals surface area contributed by atoms with Crippen LogP contribution in [0.4, 0.5) is 5.82 Å². The largest absolute Gasteiger partial charge is 0.370 e. The van der Waals surface area contributed by atoms with E-state index in [1.807, 2.05) is 12.3 Å². The minimum Gasteiger partial charge on any atom is -0.370 e. The Hall–Kier alpha value is -0.770. The van der Waals surface area contributed by atoms with Crippen molar-refractivity contribution in [3.05, 3.63) is 12.4 Å². The molecule has 1 N–H and O–H groups in total. The first-order valence-electron chi connectivity index (χ1n) is 5.39. The first-order valence-corrected chi connectivity index (χ1v) is 6.62. The smallest absolute Gasteiger partial charge is 0.130 e. The number of anilines is 1. The maximum Gasteiger partial charge on any atom is 0.130 e. The molecule has 0 bridgehead atoms. The molecule has 1 aliphatic rings. The molecule has 0 aromatic carbocycles. The van der Waals surface area contributed by atoms with E-state index in [9.17, 15) is 0 Å². The second-order valence-electron chi connectivity index (χ2n) is 4.14. The third kappa shape index (κ3) is 3.09. The van der Waals surface area contributed by atoms with Crippen molar-refractivity contribution in [2.75, 3.05) is 18.1 Å². The molecule has 0 amide bonds. The average molecular weight is 223 g/mol. The Morgan fingerprint density at radius 2 is 2.33 bits per heavy atom. The molecule has 1 aromatic heterocycles. The lowest BCUT2D eigenvalue weighted by Gasteiger charge is -2.11. The summed E-state index contributed by atoms with van der Waals surface area (Å²) < 4.78 is 0. The number of hydrogen-bond donors (Lipinski definition) is 1. The Labute approximate surface area is 95.1 Å². The van der Waals surface area contributed by atoms with Crippen LogP contribution >= 0.6 is 11.8 Å². The van der Waals surface area contributed by atoms with Crippen LogP contribution in [0.3, 0.4) is 0 Å². The molecule has 15 heavy (non-hydrogen) atoms. The zero-order chi connectivity index (χ0) is 10.7. The molecular formula is C11H17N3S. The van der Waals surface area contributed by atoms with Crippen LogP contribution in [0.1, 0.15) is 19.8 Å². The Balaban J connectivity index is 1.86. The van der Waals surface area contributed by atoms with Gasteiger partial charge in [-0.05, 0) is 30.9 Å². The van der Waals surface area contributed by atoms with Gasteiger partial charge in [0.1, 0.15) is 17.2 Å². The predicted octanol–water partition coefficient (Wildman–Crippen LogP) is 2.66. The van der Waals surface area contributed by atoms with E-state index in [4.69, 9.17) is 0 Å². The fourth-order valence-corrected chi connectivity index (χ4v) is 2.03. The molecule has 2 rings (SSSR count). The predicted molar refractivity (Wildman–Crippen MR) is 64.2 cm³/mol. The summed E-state index contributed by atoms with van der Waals surface area (Å²) in [6.07, 6.45) is 6.46. The highest BCUT2D eigenvalue weighted by molar-refractivity contribution is 7.98. The zero-order valence-electron chi connectivity index (χ0n) is 9.23. The van der Waals surface area contributed by atoms with Gasteiger partial charge in [0.25, 0.3) is 0 Å². The molecule has 1 aromatic rings. The minimum atomic E-state index is 0.762. The Morgan fingerprint density at radius 3 is 3.00 bits per heavy atom. The van der Waals surface area contributed by atoms with Crippen molar-refractivity contribution >= 4 is 17.6 Å². The molecule has 0 radical (unpaired) electrons. The lowest BCUT2D eigenvalue weighted by atomic mass is 10.1. The zero-order valence-corrected chi connectivity index (χ0v) is 10.0. The standard InChI is InChI=1S/C11H17N3S/c1-8(9-3-4-9)6-12-10-5-11(15-2)14-7-13-10/h5,7-9H,3-4,6H2,1-2H3,(H,12,13,14). The minimum absolute atomic E-state index is 0.762. The molecular weight excluding hydrogens is 206 g/mol. The highest BCUT2D eigenvalue weighted by Gasteiger charge is 2.27. The summed E-state index contributed by atoms with van der Waals surface area (Å²) in [5.74, 6) is 2.65. The lowest BCUT2D eigenvalue weighted by Crippen LogP contribution is -2.13. The van der Waals surface area contributed by atoms with Gasteiger partial charge in [0, 0.05) is 12.6 Å². The number of hydrogen-bond acceptors (Lipinski definition) is 4. The molecule has 0 spiro atoms. The Morgan fingerprint density at radius 1 is 1.53 bits per heavy atom. The molecule has 82 valence electrons. The van der Waals surface area contributed by atoms with Gasteiger partial charge in [-0.2, -0.15) is 0 Å². The molecule has 1 fully saturated rings. The maximum absolute atomic E-state index is 4.20. The fourth-order valence-electron chi connectivity index (χ4n) is 1.65. The summed E-state index contributed by atoms with van der Waals surface area (Å²) >= 11 is 1.64. The van der Waals surface area contributed by atoms with Crippen LogP contribution in [0.2, 0.25) is 0 Å². The molecule has 1 unspecified atom stereocenters. The van der Waals surface area contributed by atoms with Gasteiger partial charge < -0.3 is 5.32 Å². The molecule has 1 atom stereocenters. The van der Waals surface area contributed by atoms with Gasteiger partial charge in [-0.3, -0.25) is 0 Å². The van der Waals surface area contributed by atoms with Crippen LogP contribution in [-0.4, -0.2) is 22.8 Å². The molecule has 4 heteroatoms. The maximum atomic E-state index is 4.20. The quantitative estimate of drug-likeness (QED) is 0.615. The normalized spacial score (nSPS) is 17.5. The van der Waals surface area contributed by atoms with Gasteiger partial charge in [-0.15, -0.1) is 11.8 Å². The van der Waals surface area contributed by atoms with Gasteiger partial charge in [-0.25, -0.2) is 9.97 Å². The van der Waals surface area contributed by atoms with Crippen molar-refractivity contribution < 1.29 is 0 Å². The van der Waals surface area contributed by atoms with Gasteiger partial charge >= 0.3 is 0 Å². The highest BCUT2D eigenvalue weighted by Crippen LogP contribution is 2.36. The third-order valence-corrected chi connectivity index (χ3v) is 3.52. The second kappa shape index (κ2) is 4.84. The summed E-state index contributed by atoms with van der Waals surface area (Å²) in [7, 11) is 0. The van der Waals surface area contributed by atoms with E-state index in [0.29, 0.717) is 0 Å². The Bertz CT molecular complexity index is 325. The van der Waals surface area contributed by atoms with Gasteiger partial charge in [0.2, 0.25) is 0 Å². The number of nitrogens with one attached hydrogen (secondary N) is 1. The number of thioether (sulfide) groups is 1. The number of nitrogens with zero attached hydrogens (tertiary/aromatic N) is 2. The second-order valence-corrected chi connectivity index (χ2v) is 4.97. The molecule has 3 nitrogen and oxygen atoms in total. The fraction of sp³-hybridized carbons (Fsp3) is 0.636. The van der Waals surface area contributed by atoms with E-state index in [1.54, 1.807) is 18.1 Å². The van der Waals surface area contributed by atoms with E-state index in [1.165, 1.54) is 12.8 Å². The summed E-state index contributed by atoms with van der Waals surface area (Å²) in [5.41, 5.74) is 0. The van der Waals surface area contributed by atoms with Crippen molar-refractivity contribution in [1.29, 1.82) is 0 Å². The van der Waals surface area contributed by atoms with Crippen molar-refractivity contribution in [1.82, 2.24) is 9.97 Å². The van der Waals surface area contributed by atoms with Crippen LogP contribution in [0.25, 0.3) is 0 Å². The summed E-state index contributed by atoms with van der Waals surface area (Å²) in [6.45, 7) is 3.33. The van der Waals surface area contributed by atoms with Gasteiger partial charge in [-0.1, -0.05) is 6.92 Å². The van der Waals surface area contributed by atoms with Crippen LogP contribution in [0.15, 0.2) is 17.4 Å². The van der Waals surface area contributed by atoms with Crippen LogP contribution in [-0.2, 0) is 0 Å². The SMILES string of the molecule is CSc1cc(NCC(C)C2CC2)ncn1. The summed E-state index contributed by atoms with van der Waals surface area (Å²) in [6, 6.07) is 2.00. The highest BCUT2D eigenvalue weighted by atomic mass is 32.2. The van der Waals surface area contributed by atoms with E-state index in [2.05, 4.69) is 22.2 Å². The molecule has 0 aliphatic heterocycles. The Kier molecular flexibility index (Phi) is 3.46. The molecule has 1 saturated carbocycles. The first kappa shape index (κ1) is 10.7. The van der Waals surface area contributed by atoms with Crippen LogP contribution in [0, 0.1) is 11.8 Å². The monoisotopic (exact) mass is 223 g/mol. The summed E-state index contributed by atoms with van der Waals surface area (Å²) in [4.78, 5) is 8.35. The number of rotatable bonds is 5. The molecule has 1 heterocycles. The summed E-state index contributed by atoms with van der Waals surface area (Å²) in [5, 5.41) is 4.40. The first-order chi connectivity index (χ1) is 7.29. The van der Waals surface area contributed by atoms with Crippen LogP contribution in [0.5, 0.6) is 0 Å². The van der Waals surface area contributed by atoms with Crippen molar-refractivity contribution in [3.63, 3.8) is 0 Å². The average Bonchev–Trinajstić information content (AvgIpc) is 3.10. The number of aromatic nitrogens is 2. The van der Waals surface area contributed by atoms with Gasteiger partial charge in [0.05, 0.1) is 0 Å². The molecule has 0 saturated heterocycles. The van der Waals surface area contributed by atoms with Crippen molar-refractivity contribution in [3.8, 4) is 0 Å². The van der Waals surface area contributed by atoms with Crippen molar-refractivity contribution in [2.24, 2.45) is 11.8 Å². The van der Waals surface area contributed by atoms with E-state index >= 15 is 0 Å².